The van der Waals surface area contributed by atoms with Crippen molar-refractivity contribution >= 4 is 44.8 Å². The number of fused-ring (bicyclic) bond motifs is 1. The van der Waals surface area contributed by atoms with Crippen molar-refractivity contribution in [2.75, 3.05) is 10.6 Å². The highest BCUT2D eigenvalue weighted by molar-refractivity contribution is 8.01. The minimum absolute atomic E-state index is 0.0966. The van der Waals surface area contributed by atoms with Crippen LogP contribution in [0.25, 0.3) is 0 Å². The molecule has 0 fully saturated rings. The number of anilines is 2. The van der Waals surface area contributed by atoms with Gasteiger partial charge in [0.25, 0.3) is 0 Å². The highest BCUT2D eigenvalue weighted by atomic mass is 32.2. The summed E-state index contributed by atoms with van der Waals surface area (Å²) in [4.78, 5) is 25.1. The lowest BCUT2D eigenvalue weighted by Crippen LogP contribution is -2.27. The number of nitrogens with one attached hydrogen (secondary N) is 2. The molecule has 0 saturated heterocycles. The van der Waals surface area contributed by atoms with Crippen LogP contribution in [-0.2, 0) is 25.8 Å². The van der Waals surface area contributed by atoms with E-state index >= 15 is 0 Å². The van der Waals surface area contributed by atoms with Crippen LogP contribution >= 0.6 is 11.8 Å². The third-order valence-corrected chi connectivity index (χ3v) is 8.17. The maximum absolute atomic E-state index is 12.9. The topological polar surface area (TPSA) is 92.3 Å². The predicted molar refractivity (Wildman–Crippen MR) is 116 cm³/mol. The maximum atomic E-state index is 12.9. The van der Waals surface area contributed by atoms with Crippen molar-refractivity contribution in [3.63, 3.8) is 0 Å². The molecule has 29 heavy (non-hydrogen) atoms. The minimum Gasteiger partial charge on any atom is -0.326 e. The summed E-state index contributed by atoms with van der Waals surface area (Å²) in [5.41, 5.74) is 2.29. The number of thioether (sulfide) groups is 1. The molecular weight excluding hydrogens is 408 g/mol. The molecule has 1 heterocycles. The van der Waals surface area contributed by atoms with Crippen molar-refractivity contribution in [1.82, 2.24) is 0 Å². The lowest BCUT2D eigenvalue weighted by molar-refractivity contribution is -0.116. The molecule has 0 radical (unpaired) electrons. The maximum Gasteiger partial charge on any atom is 0.237 e. The monoisotopic (exact) mass is 432 g/mol. The quantitative estimate of drug-likeness (QED) is 0.723. The van der Waals surface area contributed by atoms with Gasteiger partial charge in [-0.25, -0.2) is 8.42 Å². The van der Waals surface area contributed by atoms with Crippen molar-refractivity contribution in [2.24, 2.45) is 0 Å². The highest BCUT2D eigenvalue weighted by Gasteiger charge is 2.29. The Morgan fingerprint density at radius 3 is 2.55 bits per heavy atom. The Bertz CT molecular complexity index is 1030. The van der Waals surface area contributed by atoms with Gasteiger partial charge in [-0.1, -0.05) is 19.1 Å². The lowest BCUT2D eigenvalue weighted by Gasteiger charge is -2.22. The van der Waals surface area contributed by atoms with Gasteiger partial charge in [-0.05, 0) is 56.2 Å². The van der Waals surface area contributed by atoms with Crippen LogP contribution in [-0.4, -0.2) is 30.7 Å². The van der Waals surface area contributed by atoms with Gasteiger partial charge in [0.05, 0.1) is 21.1 Å². The summed E-state index contributed by atoms with van der Waals surface area (Å²) in [7, 11) is -3.72. The first-order valence-corrected chi connectivity index (χ1v) is 11.9. The second-order valence-electron chi connectivity index (χ2n) is 7.07. The van der Waals surface area contributed by atoms with Gasteiger partial charge in [-0.3, -0.25) is 9.59 Å². The zero-order valence-electron chi connectivity index (χ0n) is 16.6. The molecular formula is C21H24N2O4S2. The SMILES string of the molecule is CCc1ccc(NC(=O)C[C@H](C)S(=O)(=O)c2ccc3c(c2)NC(=O)[C@@H](C)S3)cc1. The van der Waals surface area contributed by atoms with Crippen molar-refractivity contribution in [3.05, 3.63) is 48.0 Å². The summed E-state index contributed by atoms with van der Waals surface area (Å²) in [5, 5.41) is 4.36. The summed E-state index contributed by atoms with van der Waals surface area (Å²) in [6.07, 6.45) is 0.745. The van der Waals surface area contributed by atoms with Crippen LogP contribution in [0.5, 0.6) is 0 Å². The Morgan fingerprint density at radius 1 is 1.21 bits per heavy atom. The van der Waals surface area contributed by atoms with Crippen LogP contribution in [0.4, 0.5) is 11.4 Å². The Labute approximate surface area is 175 Å². The van der Waals surface area contributed by atoms with Crippen LogP contribution in [0.1, 0.15) is 32.8 Å². The molecule has 0 spiro atoms. The van der Waals surface area contributed by atoms with E-state index in [1.54, 1.807) is 25.1 Å². The summed E-state index contributed by atoms with van der Waals surface area (Å²) in [5.74, 6) is -0.514. The number of sulfone groups is 1. The van der Waals surface area contributed by atoms with Crippen LogP contribution in [0, 0.1) is 0 Å². The first-order valence-electron chi connectivity index (χ1n) is 9.45. The number of amides is 2. The molecule has 2 atom stereocenters. The number of aryl methyl sites for hydroxylation is 1. The van der Waals surface area contributed by atoms with Crippen molar-refractivity contribution in [3.8, 4) is 0 Å². The second-order valence-corrected chi connectivity index (χ2v) is 10.8. The standard InChI is InChI=1S/C21H24N2O4S2/c1-4-15-5-7-16(8-6-15)22-20(24)11-13(2)29(26,27)17-9-10-19-18(12-17)23-21(25)14(3)28-19/h5-10,12-14H,4,11H2,1-3H3,(H,22,24)(H,23,25)/t13-,14+/m0/s1. The molecule has 0 aliphatic carbocycles. The lowest BCUT2D eigenvalue weighted by atomic mass is 10.1. The number of carbonyl (C=O) groups excluding carboxylic acids is 2. The Kier molecular flexibility index (Phi) is 6.33. The molecule has 2 amide bonds. The van der Waals surface area contributed by atoms with Gasteiger partial charge < -0.3 is 10.6 Å². The third kappa shape index (κ3) is 4.82. The Balaban J connectivity index is 1.71. The molecule has 0 bridgehead atoms. The van der Waals surface area contributed by atoms with E-state index < -0.39 is 15.1 Å². The summed E-state index contributed by atoms with van der Waals surface area (Å²) in [6.45, 7) is 5.36. The Morgan fingerprint density at radius 2 is 1.90 bits per heavy atom. The normalized spacial score (nSPS) is 17.2. The van der Waals surface area contributed by atoms with Crippen LogP contribution in [0.3, 0.4) is 0 Å². The molecule has 1 aliphatic heterocycles. The van der Waals surface area contributed by atoms with Gasteiger partial charge in [0.1, 0.15) is 0 Å². The summed E-state index contributed by atoms with van der Waals surface area (Å²) < 4.78 is 25.9. The van der Waals surface area contributed by atoms with Crippen molar-refractivity contribution in [2.45, 2.75) is 53.9 Å². The van der Waals surface area contributed by atoms with Gasteiger partial charge in [0.2, 0.25) is 11.8 Å². The summed E-state index contributed by atoms with van der Waals surface area (Å²) >= 11 is 1.39. The van der Waals surface area contributed by atoms with Crippen molar-refractivity contribution < 1.29 is 18.0 Å². The number of benzene rings is 2. The highest BCUT2D eigenvalue weighted by Crippen LogP contribution is 2.37. The molecule has 0 aromatic heterocycles. The zero-order chi connectivity index (χ0) is 21.2. The molecule has 0 saturated carbocycles. The van der Waals surface area contributed by atoms with Crippen LogP contribution < -0.4 is 10.6 Å². The minimum atomic E-state index is -3.72. The molecule has 0 unspecified atom stereocenters. The van der Waals surface area contributed by atoms with E-state index in [-0.39, 0.29) is 28.4 Å². The van der Waals surface area contributed by atoms with E-state index in [0.29, 0.717) is 11.4 Å². The molecule has 3 rings (SSSR count). The van der Waals surface area contributed by atoms with Crippen molar-refractivity contribution in [1.29, 1.82) is 0 Å². The average Bonchev–Trinajstić information content (AvgIpc) is 2.69. The fraction of sp³-hybridized carbons (Fsp3) is 0.333. The molecule has 154 valence electrons. The first-order chi connectivity index (χ1) is 13.7. The van der Waals surface area contributed by atoms with E-state index in [9.17, 15) is 18.0 Å². The second kappa shape index (κ2) is 8.59. The van der Waals surface area contributed by atoms with E-state index in [1.165, 1.54) is 30.8 Å². The predicted octanol–water partition coefficient (Wildman–Crippen LogP) is 3.87. The van der Waals surface area contributed by atoms with Crippen LogP contribution in [0.2, 0.25) is 0 Å². The number of hydrogen-bond acceptors (Lipinski definition) is 5. The van der Waals surface area contributed by atoms with E-state index in [0.717, 1.165) is 16.9 Å². The van der Waals surface area contributed by atoms with Gasteiger partial charge in [-0.15, -0.1) is 11.8 Å². The average molecular weight is 433 g/mol. The fourth-order valence-corrected chi connectivity index (χ4v) is 5.31. The first kappa shape index (κ1) is 21.4. The Hall–Kier alpha value is -2.32. The van der Waals surface area contributed by atoms with E-state index in [4.69, 9.17) is 0 Å². The fourth-order valence-electron chi connectivity index (χ4n) is 3.00. The van der Waals surface area contributed by atoms with E-state index in [1.807, 2.05) is 19.1 Å². The molecule has 2 aromatic carbocycles. The number of carbonyl (C=O) groups is 2. The molecule has 1 aliphatic rings. The molecule has 6 nitrogen and oxygen atoms in total. The van der Waals surface area contributed by atoms with Gasteiger partial charge in [0, 0.05) is 17.0 Å². The number of hydrogen-bond donors (Lipinski definition) is 2. The number of rotatable bonds is 6. The van der Waals surface area contributed by atoms with Crippen LogP contribution in [0.15, 0.2) is 52.3 Å². The zero-order valence-corrected chi connectivity index (χ0v) is 18.2. The smallest absolute Gasteiger partial charge is 0.237 e. The summed E-state index contributed by atoms with van der Waals surface area (Å²) in [6, 6.07) is 12.2. The molecule has 2 N–H and O–H groups in total. The van der Waals surface area contributed by atoms with Gasteiger partial charge in [-0.2, -0.15) is 0 Å². The van der Waals surface area contributed by atoms with Gasteiger partial charge >= 0.3 is 0 Å². The van der Waals surface area contributed by atoms with Gasteiger partial charge in [0.15, 0.2) is 9.84 Å². The third-order valence-electron chi connectivity index (χ3n) is 4.86. The largest absolute Gasteiger partial charge is 0.326 e. The van der Waals surface area contributed by atoms with E-state index in [2.05, 4.69) is 10.6 Å². The molecule has 8 heteroatoms. The molecule has 2 aromatic rings.